The van der Waals surface area contributed by atoms with Crippen LogP contribution in [-0.4, -0.2) is 10.7 Å². The first-order chi connectivity index (χ1) is 6.18. The summed E-state index contributed by atoms with van der Waals surface area (Å²) in [5, 5.41) is 10.2. The van der Waals surface area contributed by atoms with Crippen molar-refractivity contribution in [2.75, 3.05) is 0 Å². The van der Waals surface area contributed by atoms with Crippen LogP contribution >= 0.6 is 0 Å². The van der Waals surface area contributed by atoms with Crippen LogP contribution in [0.3, 0.4) is 0 Å². The van der Waals surface area contributed by atoms with Crippen molar-refractivity contribution in [2.45, 2.75) is 64.9 Å². The molecule has 0 fully saturated rings. The fourth-order valence-corrected chi connectivity index (χ4v) is 1.73. The molecule has 0 rings (SSSR count). The van der Waals surface area contributed by atoms with E-state index < -0.39 is 5.60 Å². The maximum absolute atomic E-state index is 10.2. The van der Waals surface area contributed by atoms with Gasteiger partial charge in [0.2, 0.25) is 0 Å². The van der Waals surface area contributed by atoms with Crippen molar-refractivity contribution >= 4 is 0 Å². The van der Waals surface area contributed by atoms with E-state index in [9.17, 15) is 5.11 Å². The van der Waals surface area contributed by atoms with Gasteiger partial charge in [0.05, 0.1) is 5.60 Å². The topological polar surface area (TPSA) is 20.2 Å². The SMILES string of the molecule is CCC=CCC(O)(CCC)CCC. The van der Waals surface area contributed by atoms with Crippen molar-refractivity contribution in [1.29, 1.82) is 0 Å². The predicted octanol–water partition coefficient (Wildman–Crippen LogP) is 3.67. The summed E-state index contributed by atoms with van der Waals surface area (Å²) in [5.41, 5.74) is -0.435. The summed E-state index contributed by atoms with van der Waals surface area (Å²) in [4.78, 5) is 0. The molecule has 78 valence electrons. The zero-order valence-electron chi connectivity index (χ0n) is 9.34. The first-order valence-corrected chi connectivity index (χ1v) is 5.56. The van der Waals surface area contributed by atoms with E-state index in [1.54, 1.807) is 0 Å². The van der Waals surface area contributed by atoms with Crippen molar-refractivity contribution in [3.05, 3.63) is 12.2 Å². The molecular formula is C12H24O. The third kappa shape index (κ3) is 5.87. The van der Waals surface area contributed by atoms with Crippen molar-refractivity contribution in [2.24, 2.45) is 0 Å². The van der Waals surface area contributed by atoms with E-state index in [2.05, 4.69) is 32.9 Å². The first-order valence-electron chi connectivity index (χ1n) is 5.56. The fourth-order valence-electron chi connectivity index (χ4n) is 1.73. The average molecular weight is 184 g/mol. The van der Waals surface area contributed by atoms with Gasteiger partial charge in [-0.2, -0.15) is 0 Å². The molecule has 0 aliphatic rings. The Morgan fingerprint density at radius 2 is 1.54 bits per heavy atom. The molecule has 13 heavy (non-hydrogen) atoms. The molecule has 0 saturated heterocycles. The summed E-state index contributed by atoms with van der Waals surface area (Å²) in [5.74, 6) is 0. The molecule has 0 aliphatic heterocycles. The Morgan fingerprint density at radius 1 is 1.00 bits per heavy atom. The van der Waals surface area contributed by atoms with Gasteiger partial charge in [0.15, 0.2) is 0 Å². The summed E-state index contributed by atoms with van der Waals surface area (Å²) in [6, 6.07) is 0. The smallest absolute Gasteiger partial charge is 0.0681 e. The van der Waals surface area contributed by atoms with Gasteiger partial charge in [-0.05, 0) is 25.7 Å². The molecule has 1 nitrogen and oxygen atoms in total. The lowest BCUT2D eigenvalue weighted by atomic mass is 9.89. The van der Waals surface area contributed by atoms with Gasteiger partial charge >= 0.3 is 0 Å². The molecule has 0 saturated carbocycles. The molecule has 0 bridgehead atoms. The van der Waals surface area contributed by atoms with Gasteiger partial charge in [-0.15, -0.1) is 0 Å². The lowest BCUT2D eigenvalue weighted by Crippen LogP contribution is -2.27. The van der Waals surface area contributed by atoms with E-state index in [-0.39, 0.29) is 0 Å². The fraction of sp³-hybridized carbons (Fsp3) is 0.833. The summed E-state index contributed by atoms with van der Waals surface area (Å²) >= 11 is 0. The van der Waals surface area contributed by atoms with Crippen LogP contribution in [0.4, 0.5) is 0 Å². The van der Waals surface area contributed by atoms with Crippen LogP contribution in [0.2, 0.25) is 0 Å². The van der Waals surface area contributed by atoms with Crippen molar-refractivity contribution in [1.82, 2.24) is 0 Å². The zero-order chi connectivity index (χ0) is 10.2. The van der Waals surface area contributed by atoms with E-state index >= 15 is 0 Å². The molecule has 0 radical (unpaired) electrons. The number of allylic oxidation sites excluding steroid dienone is 1. The highest BCUT2D eigenvalue weighted by Gasteiger charge is 2.22. The summed E-state index contributed by atoms with van der Waals surface area (Å²) in [7, 11) is 0. The third-order valence-corrected chi connectivity index (χ3v) is 2.33. The minimum atomic E-state index is -0.435. The van der Waals surface area contributed by atoms with Gasteiger partial charge in [-0.3, -0.25) is 0 Å². The lowest BCUT2D eigenvalue weighted by Gasteiger charge is -2.26. The van der Waals surface area contributed by atoms with Gasteiger partial charge in [-0.1, -0.05) is 45.8 Å². The average Bonchev–Trinajstić information content (AvgIpc) is 2.05. The minimum Gasteiger partial charge on any atom is -0.390 e. The normalized spacial score (nSPS) is 12.6. The van der Waals surface area contributed by atoms with Gasteiger partial charge in [0, 0.05) is 0 Å². The van der Waals surface area contributed by atoms with Gasteiger partial charge in [-0.25, -0.2) is 0 Å². The molecule has 0 unspecified atom stereocenters. The minimum absolute atomic E-state index is 0.435. The molecule has 1 heteroatoms. The Morgan fingerprint density at radius 3 is 1.92 bits per heavy atom. The van der Waals surface area contributed by atoms with Crippen molar-refractivity contribution in [3.63, 3.8) is 0 Å². The highest BCUT2D eigenvalue weighted by Crippen LogP contribution is 2.23. The molecule has 0 amide bonds. The van der Waals surface area contributed by atoms with Gasteiger partial charge < -0.3 is 5.11 Å². The number of hydrogen-bond acceptors (Lipinski definition) is 1. The maximum Gasteiger partial charge on any atom is 0.0681 e. The number of rotatable bonds is 7. The highest BCUT2D eigenvalue weighted by atomic mass is 16.3. The largest absolute Gasteiger partial charge is 0.390 e. The summed E-state index contributed by atoms with van der Waals surface area (Å²) < 4.78 is 0. The van der Waals surface area contributed by atoms with Crippen LogP contribution in [-0.2, 0) is 0 Å². The van der Waals surface area contributed by atoms with Crippen LogP contribution < -0.4 is 0 Å². The number of hydrogen-bond donors (Lipinski definition) is 1. The lowest BCUT2D eigenvalue weighted by molar-refractivity contribution is 0.0242. The molecular weight excluding hydrogens is 160 g/mol. The first kappa shape index (κ1) is 12.7. The summed E-state index contributed by atoms with van der Waals surface area (Å²) in [6.07, 6.45) is 10.1. The van der Waals surface area contributed by atoms with Crippen molar-refractivity contribution < 1.29 is 5.11 Å². The summed E-state index contributed by atoms with van der Waals surface area (Å²) in [6.45, 7) is 6.38. The Labute approximate surface area is 82.9 Å². The Kier molecular flexibility index (Phi) is 6.97. The van der Waals surface area contributed by atoms with E-state index in [0.717, 1.165) is 38.5 Å². The van der Waals surface area contributed by atoms with Crippen LogP contribution in [0, 0.1) is 0 Å². The quantitative estimate of drug-likeness (QED) is 0.598. The molecule has 0 atom stereocenters. The van der Waals surface area contributed by atoms with E-state index in [1.165, 1.54) is 0 Å². The van der Waals surface area contributed by atoms with Crippen LogP contribution in [0.1, 0.15) is 59.3 Å². The predicted molar refractivity (Wildman–Crippen MR) is 58.8 cm³/mol. The van der Waals surface area contributed by atoms with E-state index in [0.29, 0.717) is 0 Å². The molecule has 0 aromatic carbocycles. The Balaban J connectivity index is 3.98. The molecule has 1 N–H and O–H groups in total. The van der Waals surface area contributed by atoms with Crippen molar-refractivity contribution in [3.8, 4) is 0 Å². The second kappa shape index (κ2) is 7.14. The van der Waals surface area contributed by atoms with Gasteiger partial charge in [0.1, 0.15) is 0 Å². The Bertz CT molecular complexity index is 132. The van der Waals surface area contributed by atoms with E-state index in [4.69, 9.17) is 0 Å². The second-order valence-electron chi connectivity index (χ2n) is 3.81. The molecule has 0 aromatic heterocycles. The zero-order valence-corrected chi connectivity index (χ0v) is 9.34. The maximum atomic E-state index is 10.2. The van der Waals surface area contributed by atoms with E-state index in [1.807, 2.05) is 0 Å². The van der Waals surface area contributed by atoms with Crippen LogP contribution in [0.15, 0.2) is 12.2 Å². The highest BCUT2D eigenvalue weighted by molar-refractivity contribution is 4.90. The van der Waals surface area contributed by atoms with Crippen LogP contribution in [0.25, 0.3) is 0 Å². The molecule has 0 aliphatic carbocycles. The second-order valence-corrected chi connectivity index (χ2v) is 3.81. The molecule has 0 spiro atoms. The molecule has 0 aromatic rings. The van der Waals surface area contributed by atoms with Gasteiger partial charge in [0.25, 0.3) is 0 Å². The Hall–Kier alpha value is -0.300. The number of aliphatic hydroxyl groups is 1. The monoisotopic (exact) mass is 184 g/mol. The standard InChI is InChI=1S/C12H24O/c1-4-7-8-11-12(13,9-5-2)10-6-3/h7-8,13H,4-6,9-11H2,1-3H3. The molecule has 0 heterocycles. The third-order valence-electron chi connectivity index (χ3n) is 2.33. The van der Waals surface area contributed by atoms with Crippen LogP contribution in [0.5, 0.6) is 0 Å².